The number of allylic oxidation sites excluding steroid dienone is 4. The Hall–Kier alpha value is -0.560. The SMILES string of the molecule is CC(C)=CCC[C@@]1(C)CC/C(C)=C\CC[C@](C)(O)C2CC21. The average molecular weight is 290 g/mol. The number of aliphatic hydroxyl groups is 1. The van der Waals surface area contributed by atoms with Crippen molar-refractivity contribution in [2.75, 3.05) is 0 Å². The van der Waals surface area contributed by atoms with Crippen molar-refractivity contribution in [3.05, 3.63) is 23.3 Å². The number of hydrogen-bond donors (Lipinski definition) is 1. The second-order valence-electron chi connectivity index (χ2n) is 8.37. The maximum absolute atomic E-state index is 10.8. The first kappa shape index (κ1) is 16.8. The van der Waals surface area contributed by atoms with Crippen molar-refractivity contribution in [3.63, 3.8) is 0 Å². The average Bonchev–Trinajstić information content (AvgIpc) is 3.16. The monoisotopic (exact) mass is 290 g/mol. The van der Waals surface area contributed by atoms with Gasteiger partial charge in [-0.25, -0.2) is 0 Å². The summed E-state index contributed by atoms with van der Waals surface area (Å²) < 4.78 is 0. The molecule has 0 saturated heterocycles. The summed E-state index contributed by atoms with van der Waals surface area (Å²) >= 11 is 0. The van der Waals surface area contributed by atoms with E-state index in [0.29, 0.717) is 11.3 Å². The van der Waals surface area contributed by atoms with Crippen molar-refractivity contribution in [2.45, 2.75) is 85.2 Å². The Labute approximate surface area is 131 Å². The van der Waals surface area contributed by atoms with E-state index in [9.17, 15) is 5.11 Å². The van der Waals surface area contributed by atoms with E-state index in [2.05, 4.69) is 46.8 Å². The summed E-state index contributed by atoms with van der Waals surface area (Å²) in [4.78, 5) is 0. The first-order valence-corrected chi connectivity index (χ1v) is 8.76. The molecule has 0 aromatic carbocycles. The van der Waals surface area contributed by atoms with Crippen molar-refractivity contribution in [1.82, 2.24) is 0 Å². The van der Waals surface area contributed by atoms with E-state index in [1.807, 2.05) is 0 Å². The molecule has 0 aliphatic heterocycles. The van der Waals surface area contributed by atoms with Gasteiger partial charge in [-0.05, 0) is 89.9 Å². The van der Waals surface area contributed by atoms with E-state index in [4.69, 9.17) is 0 Å². The van der Waals surface area contributed by atoms with Crippen molar-refractivity contribution in [3.8, 4) is 0 Å². The van der Waals surface area contributed by atoms with Crippen molar-refractivity contribution >= 4 is 0 Å². The van der Waals surface area contributed by atoms with Gasteiger partial charge in [0.1, 0.15) is 0 Å². The van der Waals surface area contributed by atoms with Gasteiger partial charge in [0.2, 0.25) is 0 Å². The summed E-state index contributed by atoms with van der Waals surface area (Å²) in [5.74, 6) is 1.25. The van der Waals surface area contributed by atoms with Crippen molar-refractivity contribution < 1.29 is 5.11 Å². The molecule has 0 radical (unpaired) electrons. The molecule has 0 aromatic heterocycles. The third-order valence-electron chi connectivity index (χ3n) is 5.99. The van der Waals surface area contributed by atoms with E-state index < -0.39 is 5.60 Å². The Morgan fingerprint density at radius 3 is 2.67 bits per heavy atom. The minimum Gasteiger partial charge on any atom is -0.390 e. The zero-order valence-electron chi connectivity index (χ0n) is 14.7. The Balaban J connectivity index is 2.13. The van der Waals surface area contributed by atoms with Gasteiger partial charge in [0.25, 0.3) is 0 Å². The van der Waals surface area contributed by atoms with Crippen LogP contribution in [0.4, 0.5) is 0 Å². The second kappa shape index (κ2) is 6.28. The molecule has 120 valence electrons. The van der Waals surface area contributed by atoms with Gasteiger partial charge in [-0.3, -0.25) is 0 Å². The molecule has 1 fully saturated rings. The highest BCUT2D eigenvalue weighted by molar-refractivity contribution is 5.10. The van der Waals surface area contributed by atoms with Crippen molar-refractivity contribution in [1.29, 1.82) is 0 Å². The number of hydrogen-bond acceptors (Lipinski definition) is 1. The number of fused-ring (bicyclic) bond motifs is 1. The molecule has 0 amide bonds. The van der Waals surface area contributed by atoms with Crippen LogP contribution in [0.1, 0.15) is 79.6 Å². The summed E-state index contributed by atoms with van der Waals surface area (Å²) in [6, 6.07) is 0. The van der Waals surface area contributed by atoms with E-state index in [1.54, 1.807) is 0 Å². The third kappa shape index (κ3) is 4.22. The fourth-order valence-electron chi connectivity index (χ4n) is 4.22. The molecular formula is C20H34O. The van der Waals surface area contributed by atoms with Crippen LogP contribution in [0.2, 0.25) is 0 Å². The molecular weight excluding hydrogens is 256 g/mol. The zero-order valence-corrected chi connectivity index (χ0v) is 14.7. The summed E-state index contributed by atoms with van der Waals surface area (Å²) in [5, 5.41) is 10.8. The third-order valence-corrected chi connectivity index (χ3v) is 5.99. The highest BCUT2D eigenvalue weighted by Gasteiger charge is 2.56. The first-order valence-electron chi connectivity index (χ1n) is 8.76. The van der Waals surface area contributed by atoms with Crippen LogP contribution in [-0.2, 0) is 0 Å². The minimum atomic E-state index is -0.462. The summed E-state index contributed by atoms with van der Waals surface area (Å²) in [5.41, 5.74) is 2.87. The molecule has 2 aliphatic carbocycles. The van der Waals surface area contributed by atoms with Crippen LogP contribution in [0.25, 0.3) is 0 Å². The Morgan fingerprint density at radius 2 is 2.00 bits per heavy atom. The van der Waals surface area contributed by atoms with Gasteiger partial charge >= 0.3 is 0 Å². The molecule has 2 aliphatic rings. The predicted octanol–water partition coefficient (Wildman–Crippen LogP) is 5.65. The van der Waals surface area contributed by atoms with Crippen LogP contribution in [0.15, 0.2) is 23.3 Å². The van der Waals surface area contributed by atoms with Gasteiger partial charge in [0.15, 0.2) is 0 Å². The van der Waals surface area contributed by atoms with Crippen LogP contribution in [0.5, 0.6) is 0 Å². The lowest BCUT2D eigenvalue weighted by molar-refractivity contribution is 0.0122. The molecule has 1 N–H and O–H groups in total. The Morgan fingerprint density at radius 1 is 1.29 bits per heavy atom. The lowest BCUT2D eigenvalue weighted by Gasteiger charge is -2.34. The Bertz CT molecular complexity index is 425. The summed E-state index contributed by atoms with van der Waals surface area (Å²) in [6.07, 6.45) is 12.9. The molecule has 4 atom stereocenters. The van der Waals surface area contributed by atoms with Gasteiger partial charge in [0.05, 0.1) is 5.60 Å². The molecule has 0 bridgehead atoms. The molecule has 2 rings (SSSR count). The fourth-order valence-corrected chi connectivity index (χ4v) is 4.22. The fraction of sp³-hybridized carbons (Fsp3) is 0.800. The van der Waals surface area contributed by atoms with Crippen LogP contribution >= 0.6 is 0 Å². The maximum atomic E-state index is 10.8. The lowest BCUT2D eigenvalue weighted by atomic mass is 9.72. The molecule has 2 unspecified atom stereocenters. The largest absolute Gasteiger partial charge is 0.390 e. The summed E-state index contributed by atoms with van der Waals surface area (Å²) in [7, 11) is 0. The Kier molecular flexibility index (Phi) is 5.03. The van der Waals surface area contributed by atoms with Crippen molar-refractivity contribution in [2.24, 2.45) is 17.3 Å². The predicted molar refractivity (Wildman–Crippen MR) is 91.2 cm³/mol. The van der Waals surface area contributed by atoms with E-state index in [-0.39, 0.29) is 0 Å². The smallest absolute Gasteiger partial charge is 0.0653 e. The van der Waals surface area contributed by atoms with E-state index >= 15 is 0 Å². The standard InChI is InChI=1S/C20H34O/c1-15(2)8-6-11-19(4)13-10-16(3)9-7-12-20(5,21)18-14-17(18)19/h8-9,17-18,21H,6-7,10-14H2,1-5H3/b16-9-/t17?,18?,19-,20-/m0/s1. The van der Waals surface area contributed by atoms with Gasteiger partial charge in [-0.2, -0.15) is 0 Å². The molecule has 0 spiro atoms. The summed E-state index contributed by atoms with van der Waals surface area (Å²) in [6.45, 7) is 11.2. The topological polar surface area (TPSA) is 20.2 Å². The van der Waals surface area contributed by atoms with E-state index in [1.165, 1.54) is 43.3 Å². The van der Waals surface area contributed by atoms with Gasteiger partial charge in [-0.15, -0.1) is 0 Å². The van der Waals surface area contributed by atoms with Crippen LogP contribution in [0.3, 0.4) is 0 Å². The lowest BCUT2D eigenvalue weighted by Crippen LogP contribution is -2.31. The van der Waals surface area contributed by atoms with Gasteiger partial charge < -0.3 is 5.11 Å². The number of rotatable bonds is 3. The highest BCUT2D eigenvalue weighted by atomic mass is 16.3. The normalized spacial score (nSPS) is 42.5. The second-order valence-corrected chi connectivity index (χ2v) is 8.37. The zero-order chi connectivity index (χ0) is 15.7. The maximum Gasteiger partial charge on any atom is 0.0653 e. The minimum absolute atomic E-state index is 0.396. The van der Waals surface area contributed by atoms with E-state index in [0.717, 1.165) is 18.8 Å². The highest BCUT2D eigenvalue weighted by Crippen LogP contribution is 2.60. The first-order chi connectivity index (χ1) is 9.74. The quantitative estimate of drug-likeness (QED) is 0.666. The van der Waals surface area contributed by atoms with Gasteiger partial charge in [-0.1, -0.05) is 30.2 Å². The molecule has 1 heteroatoms. The van der Waals surface area contributed by atoms with Gasteiger partial charge in [0, 0.05) is 0 Å². The van der Waals surface area contributed by atoms with Crippen LogP contribution in [0, 0.1) is 17.3 Å². The molecule has 0 aromatic rings. The van der Waals surface area contributed by atoms with Crippen LogP contribution in [-0.4, -0.2) is 10.7 Å². The molecule has 21 heavy (non-hydrogen) atoms. The molecule has 0 heterocycles. The van der Waals surface area contributed by atoms with Crippen LogP contribution < -0.4 is 0 Å². The molecule has 1 saturated carbocycles. The molecule has 1 nitrogen and oxygen atoms in total.